The Morgan fingerprint density at radius 2 is 1.51 bits per heavy atom. The summed E-state index contributed by atoms with van der Waals surface area (Å²) >= 11 is 1.57. The first kappa shape index (κ1) is 25.6. The molecule has 1 saturated heterocycles. The Balaban J connectivity index is 1.04. The van der Waals surface area contributed by atoms with Crippen LogP contribution in [0.1, 0.15) is 68.2 Å². The van der Waals surface area contributed by atoms with Crippen molar-refractivity contribution in [2.24, 2.45) is 28.7 Å². The number of hydrogen-bond acceptors (Lipinski definition) is 4. The Hall–Kier alpha value is -3.12. The van der Waals surface area contributed by atoms with Crippen molar-refractivity contribution in [3.05, 3.63) is 88.6 Å². The maximum absolute atomic E-state index is 13.2. The first-order valence-electron chi connectivity index (χ1n) is 15.6. The van der Waals surface area contributed by atoms with Gasteiger partial charge < -0.3 is 4.90 Å². The first-order chi connectivity index (χ1) is 20.1. The van der Waals surface area contributed by atoms with Gasteiger partial charge in [0.05, 0.1) is 16.3 Å². The van der Waals surface area contributed by atoms with E-state index in [9.17, 15) is 4.79 Å². The molecule has 4 aliphatic carbocycles. The number of benzene rings is 2. The fourth-order valence-electron chi connectivity index (χ4n) is 8.97. The molecule has 9 rings (SSSR count). The first-order valence-corrected chi connectivity index (χ1v) is 16.4. The van der Waals surface area contributed by atoms with E-state index in [1.54, 1.807) is 11.8 Å². The van der Waals surface area contributed by atoms with Gasteiger partial charge in [0.15, 0.2) is 5.17 Å². The molecule has 0 radical (unpaired) electrons. The molecular weight excluding hydrogens is 524 g/mol. The van der Waals surface area contributed by atoms with E-state index in [1.165, 1.54) is 49.8 Å². The van der Waals surface area contributed by atoms with Gasteiger partial charge in [-0.25, -0.2) is 4.68 Å². The predicted molar refractivity (Wildman–Crippen MR) is 166 cm³/mol. The lowest BCUT2D eigenvalue weighted by Crippen LogP contribution is -2.49. The molecule has 0 atom stereocenters. The van der Waals surface area contributed by atoms with Crippen LogP contribution < -0.4 is 0 Å². The monoisotopic (exact) mass is 562 g/mol. The SMILES string of the molecule is O=C1N=C(N2CCC(Cc3ccccc3)CC2)SC1=Cc1cn(-c2ccccc2)nc1C12CC3CC(CC(C3)C1)C2. The number of amidine groups is 1. The van der Waals surface area contributed by atoms with Crippen molar-refractivity contribution in [3.63, 3.8) is 0 Å². The van der Waals surface area contributed by atoms with Crippen LogP contribution in [0.2, 0.25) is 0 Å². The number of hydrogen-bond donors (Lipinski definition) is 0. The molecule has 3 aromatic rings. The molecule has 0 N–H and O–H groups in total. The summed E-state index contributed by atoms with van der Waals surface area (Å²) in [5.74, 6) is 3.11. The number of carbonyl (C=O) groups is 1. The highest BCUT2D eigenvalue weighted by Gasteiger charge is 2.53. The van der Waals surface area contributed by atoms with Gasteiger partial charge in [-0.05, 0) is 117 Å². The van der Waals surface area contributed by atoms with E-state index in [0.29, 0.717) is 5.92 Å². The predicted octanol–water partition coefficient (Wildman–Crippen LogP) is 7.27. The normalized spacial score (nSPS) is 30.4. The number of nitrogens with zero attached hydrogens (tertiary/aromatic N) is 4. The fraction of sp³-hybridized carbons (Fsp3) is 0.457. The second kappa shape index (κ2) is 10.3. The fourth-order valence-corrected chi connectivity index (χ4v) is 9.92. The van der Waals surface area contributed by atoms with Gasteiger partial charge in [-0.1, -0.05) is 48.5 Å². The van der Waals surface area contributed by atoms with Gasteiger partial charge in [-0.2, -0.15) is 10.1 Å². The number of rotatable bonds is 5. The van der Waals surface area contributed by atoms with Crippen LogP contribution in [0.25, 0.3) is 11.8 Å². The molecule has 2 aliphatic heterocycles. The quantitative estimate of drug-likeness (QED) is 0.307. The molecule has 6 aliphatic rings. The Bertz CT molecular complexity index is 1460. The van der Waals surface area contributed by atoms with Crippen LogP contribution in [0.5, 0.6) is 0 Å². The summed E-state index contributed by atoms with van der Waals surface area (Å²) in [5.41, 5.74) is 4.98. The minimum Gasteiger partial charge on any atom is -0.351 e. The number of piperidine rings is 1. The third kappa shape index (κ3) is 4.88. The number of para-hydroxylation sites is 1. The molecule has 0 spiro atoms. The molecule has 1 aromatic heterocycles. The molecule has 2 aromatic carbocycles. The lowest BCUT2D eigenvalue weighted by Gasteiger charge is -2.56. The van der Waals surface area contributed by atoms with Crippen LogP contribution in [0.3, 0.4) is 0 Å². The summed E-state index contributed by atoms with van der Waals surface area (Å²) in [6, 6.07) is 21.2. The summed E-state index contributed by atoms with van der Waals surface area (Å²) in [7, 11) is 0. The van der Waals surface area contributed by atoms with E-state index >= 15 is 0 Å². The summed E-state index contributed by atoms with van der Waals surface area (Å²) in [5, 5.41) is 6.17. The van der Waals surface area contributed by atoms with E-state index < -0.39 is 0 Å². The van der Waals surface area contributed by atoms with Crippen molar-refractivity contribution in [2.45, 2.75) is 63.2 Å². The van der Waals surface area contributed by atoms with Gasteiger partial charge in [0.2, 0.25) is 0 Å². The third-order valence-corrected chi connectivity index (χ3v) is 11.5. The van der Waals surface area contributed by atoms with E-state index in [2.05, 4.69) is 76.8 Å². The molecule has 0 unspecified atom stereocenters. The van der Waals surface area contributed by atoms with Gasteiger partial charge in [-0.15, -0.1) is 0 Å². The van der Waals surface area contributed by atoms with Crippen LogP contribution in [0, 0.1) is 23.7 Å². The highest BCUT2D eigenvalue weighted by Crippen LogP contribution is 2.61. The minimum absolute atomic E-state index is 0.0969. The second-order valence-electron chi connectivity index (χ2n) is 13.3. The maximum Gasteiger partial charge on any atom is 0.286 e. The molecule has 4 bridgehead atoms. The summed E-state index contributed by atoms with van der Waals surface area (Å²) in [4.78, 5) is 20.9. The topological polar surface area (TPSA) is 50.5 Å². The maximum atomic E-state index is 13.2. The van der Waals surface area contributed by atoms with Gasteiger partial charge in [0, 0.05) is 30.3 Å². The molecule has 5 fully saturated rings. The average molecular weight is 563 g/mol. The number of carbonyl (C=O) groups excluding carboxylic acids is 1. The van der Waals surface area contributed by atoms with Crippen LogP contribution in [0.15, 0.2) is 76.8 Å². The van der Waals surface area contributed by atoms with Crippen molar-refractivity contribution in [2.75, 3.05) is 13.1 Å². The Morgan fingerprint density at radius 1 is 0.878 bits per heavy atom. The van der Waals surface area contributed by atoms with Crippen molar-refractivity contribution in [1.29, 1.82) is 0 Å². The third-order valence-electron chi connectivity index (χ3n) is 10.5. The highest BCUT2D eigenvalue weighted by molar-refractivity contribution is 8.18. The van der Waals surface area contributed by atoms with Gasteiger partial charge in [0.25, 0.3) is 5.91 Å². The van der Waals surface area contributed by atoms with Crippen molar-refractivity contribution >= 4 is 28.9 Å². The van der Waals surface area contributed by atoms with Crippen molar-refractivity contribution in [1.82, 2.24) is 14.7 Å². The number of thioether (sulfide) groups is 1. The molecule has 5 nitrogen and oxygen atoms in total. The highest BCUT2D eigenvalue weighted by atomic mass is 32.2. The lowest BCUT2D eigenvalue weighted by molar-refractivity contribution is -0.113. The van der Waals surface area contributed by atoms with Gasteiger partial charge in [0.1, 0.15) is 0 Å². The molecular formula is C35H38N4OS. The lowest BCUT2D eigenvalue weighted by atomic mass is 9.48. The van der Waals surface area contributed by atoms with Crippen LogP contribution >= 0.6 is 11.8 Å². The Labute approximate surface area is 247 Å². The number of aliphatic imine (C=N–C) groups is 1. The minimum atomic E-state index is -0.0969. The molecule has 3 heterocycles. The molecule has 1 amide bonds. The summed E-state index contributed by atoms with van der Waals surface area (Å²) < 4.78 is 2.05. The number of likely N-dealkylation sites (tertiary alicyclic amines) is 1. The summed E-state index contributed by atoms with van der Waals surface area (Å²) in [6.07, 6.45) is 15.7. The van der Waals surface area contributed by atoms with Gasteiger partial charge in [-0.3, -0.25) is 4.79 Å². The average Bonchev–Trinajstić information content (AvgIpc) is 3.58. The van der Waals surface area contributed by atoms with Crippen molar-refractivity contribution in [3.8, 4) is 5.69 Å². The van der Waals surface area contributed by atoms with Crippen LogP contribution in [-0.2, 0) is 16.6 Å². The number of aromatic nitrogens is 2. The Morgan fingerprint density at radius 3 is 2.17 bits per heavy atom. The molecule has 210 valence electrons. The molecule has 41 heavy (non-hydrogen) atoms. The zero-order valence-corrected chi connectivity index (χ0v) is 24.4. The Kier molecular flexibility index (Phi) is 6.43. The van der Waals surface area contributed by atoms with E-state index in [0.717, 1.165) is 71.4 Å². The smallest absolute Gasteiger partial charge is 0.286 e. The standard InChI is InChI=1S/C35H38N4OS/c40-33-31(41-34(36-33)38-13-11-25(12-14-38)15-24-7-3-1-4-8-24)19-29-23-39(30-9-5-2-6-10-30)37-32(29)35-20-26-16-27(21-35)18-28(17-26)22-35/h1-10,19,23,25-28H,11-18,20-22H2. The van der Waals surface area contributed by atoms with E-state index in [-0.39, 0.29) is 11.3 Å². The van der Waals surface area contributed by atoms with Crippen LogP contribution in [-0.4, -0.2) is 38.8 Å². The second-order valence-corrected chi connectivity index (χ2v) is 14.4. The van der Waals surface area contributed by atoms with Crippen LogP contribution in [0.4, 0.5) is 0 Å². The molecule has 6 heteroatoms. The van der Waals surface area contributed by atoms with E-state index in [4.69, 9.17) is 5.10 Å². The zero-order valence-electron chi connectivity index (χ0n) is 23.6. The van der Waals surface area contributed by atoms with Gasteiger partial charge >= 0.3 is 0 Å². The summed E-state index contributed by atoms with van der Waals surface area (Å²) in [6.45, 7) is 1.93. The largest absolute Gasteiger partial charge is 0.351 e. The number of amides is 1. The van der Waals surface area contributed by atoms with E-state index in [1.807, 2.05) is 10.7 Å². The molecule has 4 saturated carbocycles. The zero-order chi connectivity index (χ0) is 27.4. The van der Waals surface area contributed by atoms with Crippen molar-refractivity contribution < 1.29 is 4.79 Å².